The Bertz CT molecular complexity index is 464. The van der Waals surface area contributed by atoms with E-state index in [1.54, 1.807) is 7.05 Å². The van der Waals surface area contributed by atoms with Crippen molar-refractivity contribution in [2.45, 2.75) is 52.4 Å². The van der Waals surface area contributed by atoms with Gasteiger partial charge in [-0.2, -0.15) is 0 Å². The van der Waals surface area contributed by atoms with Gasteiger partial charge >= 0.3 is 0 Å². The molecule has 2 amide bonds. The zero-order valence-electron chi connectivity index (χ0n) is 15.8. The van der Waals surface area contributed by atoms with Gasteiger partial charge in [0.15, 0.2) is 5.96 Å². The van der Waals surface area contributed by atoms with E-state index in [9.17, 15) is 9.59 Å². The highest BCUT2D eigenvalue weighted by Gasteiger charge is 2.30. The second-order valence-corrected chi connectivity index (χ2v) is 6.84. The first-order chi connectivity index (χ1) is 11.6. The van der Waals surface area contributed by atoms with E-state index in [1.165, 1.54) is 24.2 Å². The molecule has 0 aromatic heterocycles. The van der Waals surface area contributed by atoms with E-state index in [4.69, 9.17) is 0 Å². The lowest BCUT2D eigenvalue weighted by molar-refractivity contribution is -0.147. The maximum absolute atomic E-state index is 11.8. The van der Waals surface area contributed by atoms with Crippen LogP contribution >= 0.6 is 24.0 Å². The molecular formula is C18H33IN4O2. The van der Waals surface area contributed by atoms with E-state index >= 15 is 0 Å². The highest BCUT2D eigenvalue weighted by molar-refractivity contribution is 14.0. The van der Waals surface area contributed by atoms with E-state index < -0.39 is 0 Å². The van der Waals surface area contributed by atoms with Gasteiger partial charge in [0, 0.05) is 46.1 Å². The molecule has 1 atom stereocenters. The number of carbonyl (C=O) groups excluding carboxylic acids is 2. The largest absolute Gasteiger partial charge is 0.354 e. The van der Waals surface area contributed by atoms with Gasteiger partial charge in [0.1, 0.15) is 0 Å². The summed E-state index contributed by atoms with van der Waals surface area (Å²) in [5.41, 5.74) is 0. The van der Waals surface area contributed by atoms with Gasteiger partial charge in [0.2, 0.25) is 11.8 Å². The summed E-state index contributed by atoms with van der Waals surface area (Å²) in [6.07, 6.45) is 5.36. The Labute approximate surface area is 168 Å². The Kier molecular flexibility index (Phi) is 9.74. The third-order valence-corrected chi connectivity index (χ3v) is 5.45. The lowest BCUT2D eigenvalue weighted by atomic mass is 9.87. The van der Waals surface area contributed by atoms with E-state index in [0.717, 1.165) is 30.9 Å². The van der Waals surface area contributed by atoms with Crippen molar-refractivity contribution in [3.05, 3.63) is 0 Å². The van der Waals surface area contributed by atoms with Crippen molar-refractivity contribution in [2.24, 2.45) is 16.8 Å². The van der Waals surface area contributed by atoms with Crippen molar-refractivity contribution in [1.29, 1.82) is 0 Å². The minimum absolute atomic E-state index is 0. The minimum atomic E-state index is -0.0435. The molecule has 7 heteroatoms. The molecule has 2 aliphatic heterocycles. The Morgan fingerprint density at radius 2 is 1.88 bits per heavy atom. The van der Waals surface area contributed by atoms with Crippen LogP contribution in [-0.4, -0.2) is 60.8 Å². The number of imide groups is 1. The van der Waals surface area contributed by atoms with Crippen LogP contribution < -0.4 is 5.32 Å². The number of guanidine groups is 1. The van der Waals surface area contributed by atoms with Gasteiger partial charge < -0.3 is 10.2 Å². The second kappa shape index (κ2) is 11.0. The van der Waals surface area contributed by atoms with Crippen LogP contribution in [0.15, 0.2) is 4.99 Å². The molecule has 0 radical (unpaired) electrons. The zero-order chi connectivity index (χ0) is 17.5. The van der Waals surface area contributed by atoms with Gasteiger partial charge in [-0.3, -0.25) is 19.5 Å². The Morgan fingerprint density at radius 3 is 2.44 bits per heavy atom. The summed E-state index contributed by atoms with van der Waals surface area (Å²) in [6, 6.07) is 0. The zero-order valence-corrected chi connectivity index (χ0v) is 18.1. The van der Waals surface area contributed by atoms with Crippen LogP contribution in [0.2, 0.25) is 0 Å². The predicted molar refractivity (Wildman–Crippen MR) is 111 cm³/mol. The number of aliphatic imine (C=N–C) groups is 1. The summed E-state index contributed by atoms with van der Waals surface area (Å²) in [7, 11) is 1.80. The third-order valence-electron chi connectivity index (χ3n) is 5.45. The number of halogens is 1. The molecule has 2 aliphatic rings. The van der Waals surface area contributed by atoms with Gasteiger partial charge in [-0.15, -0.1) is 24.0 Å². The molecule has 0 bridgehead atoms. The lowest BCUT2D eigenvalue weighted by Gasteiger charge is -2.27. The lowest BCUT2D eigenvalue weighted by Crippen LogP contribution is -2.47. The summed E-state index contributed by atoms with van der Waals surface area (Å²) in [4.78, 5) is 31.7. The molecule has 6 nitrogen and oxygen atoms in total. The summed E-state index contributed by atoms with van der Waals surface area (Å²) in [5.74, 6) is 2.33. The monoisotopic (exact) mass is 464 g/mol. The number of carbonyl (C=O) groups is 2. The molecule has 0 aromatic carbocycles. The molecule has 25 heavy (non-hydrogen) atoms. The highest BCUT2D eigenvalue weighted by Crippen LogP contribution is 2.28. The van der Waals surface area contributed by atoms with E-state index in [0.29, 0.717) is 32.4 Å². The summed E-state index contributed by atoms with van der Waals surface area (Å²) >= 11 is 0. The molecule has 144 valence electrons. The Morgan fingerprint density at radius 1 is 1.24 bits per heavy atom. The van der Waals surface area contributed by atoms with E-state index in [-0.39, 0.29) is 35.8 Å². The van der Waals surface area contributed by atoms with Crippen molar-refractivity contribution in [3.8, 4) is 0 Å². The average molecular weight is 464 g/mol. The molecule has 0 aromatic rings. The fourth-order valence-electron chi connectivity index (χ4n) is 3.98. The first-order valence-corrected chi connectivity index (χ1v) is 9.39. The SMILES string of the molecule is CCC(CC)C1CCN(C(=NC)NCCN2C(=O)CCCC2=O)C1.I. The first kappa shape index (κ1) is 22.2. The Balaban J connectivity index is 0.00000312. The van der Waals surface area contributed by atoms with Crippen LogP contribution in [0.1, 0.15) is 52.4 Å². The molecular weight excluding hydrogens is 431 g/mol. The van der Waals surface area contributed by atoms with Crippen LogP contribution in [0.4, 0.5) is 0 Å². The van der Waals surface area contributed by atoms with Crippen LogP contribution in [0, 0.1) is 11.8 Å². The molecule has 2 fully saturated rings. The Hall–Kier alpha value is -0.860. The normalized spacial score (nSPS) is 21.8. The van der Waals surface area contributed by atoms with Crippen LogP contribution in [-0.2, 0) is 9.59 Å². The van der Waals surface area contributed by atoms with Crippen LogP contribution in [0.3, 0.4) is 0 Å². The molecule has 0 saturated carbocycles. The number of hydrogen-bond acceptors (Lipinski definition) is 3. The molecule has 0 spiro atoms. The maximum atomic E-state index is 11.8. The van der Waals surface area contributed by atoms with E-state index in [2.05, 4.69) is 29.1 Å². The summed E-state index contributed by atoms with van der Waals surface area (Å²) < 4.78 is 0. The number of amides is 2. The minimum Gasteiger partial charge on any atom is -0.354 e. The standard InChI is InChI=1S/C18H32N4O2.HI/c1-4-14(5-2)15-9-11-21(13-15)18(19-3)20-10-12-22-16(23)7-6-8-17(22)24;/h14-15H,4-13H2,1-3H3,(H,19,20);1H. The number of hydrogen-bond donors (Lipinski definition) is 1. The highest BCUT2D eigenvalue weighted by atomic mass is 127. The molecule has 2 heterocycles. The van der Waals surface area contributed by atoms with Crippen molar-refractivity contribution in [1.82, 2.24) is 15.1 Å². The maximum Gasteiger partial charge on any atom is 0.229 e. The van der Waals surface area contributed by atoms with E-state index in [1.807, 2.05) is 0 Å². The van der Waals surface area contributed by atoms with Crippen molar-refractivity contribution in [2.75, 3.05) is 33.2 Å². The van der Waals surface area contributed by atoms with Gasteiger partial charge in [0.25, 0.3) is 0 Å². The quantitative estimate of drug-likeness (QED) is 0.284. The molecule has 1 unspecified atom stereocenters. The fourth-order valence-corrected chi connectivity index (χ4v) is 3.98. The van der Waals surface area contributed by atoms with Gasteiger partial charge in [-0.25, -0.2) is 0 Å². The number of rotatable bonds is 6. The summed E-state index contributed by atoms with van der Waals surface area (Å²) in [5, 5.41) is 3.33. The van der Waals surface area contributed by atoms with Crippen molar-refractivity contribution >= 4 is 41.8 Å². The van der Waals surface area contributed by atoms with Gasteiger partial charge in [0.05, 0.1) is 0 Å². The number of likely N-dealkylation sites (tertiary alicyclic amines) is 2. The number of nitrogens with zero attached hydrogens (tertiary/aromatic N) is 3. The van der Waals surface area contributed by atoms with Gasteiger partial charge in [-0.1, -0.05) is 26.7 Å². The average Bonchev–Trinajstić information content (AvgIpc) is 3.05. The topological polar surface area (TPSA) is 65.0 Å². The second-order valence-electron chi connectivity index (χ2n) is 6.84. The third kappa shape index (κ3) is 5.82. The fraction of sp³-hybridized carbons (Fsp3) is 0.833. The van der Waals surface area contributed by atoms with Gasteiger partial charge in [-0.05, 0) is 24.7 Å². The number of piperidine rings is 1. The predicted octanol–water partition coefficient (Wildman–Crippen LogP) is 2.48. The smallest absolute Gasteiger partial charge is 0.229 e. The molecule has 0 aliphatic carbocycles. The van der Waals surface area contributed by atoms with Crippen LogP contribution in [0.5, 0.6) is 0 Å². The van der Waals surface area contributed by atoms with Crippen molar-refractivity contribution < 1.29 is 9.59 Å². The number of nitrogens with one attached hydrogen (secondary N) is 1. The summed E-state index contributed by atoms with van der Waals surface area (Å²) in [6.45, 7) is 7.62. The molecule has 1 N–H and O–H groups in total. The van der Waals surface area contributed by atoms with Crippen molar-refractivity contribution in [3.63, 3.8) is 0 Å². The molecule has 2 rings (SSSR count). The molecule has 2 saturated heterocycles. The van der Waals surface area contributed by atoms with Crippen LogP contribution in [0.25, 0.3) is 0 Å². The first-order valence-electron chi connectivity index (χ1n) is 9.39.